The van der Waals surface area contributed by atoms with Crippen LogP contribution in [0.3, 0.4) is 0 Å². The van der Waals surface area contributed by atoms with Crippen LogP contribution in [0.1, 0.15) is 12.8 Å². The van der Waals surface area contributed by atoms with Gasteiger partial charge in [0.1, 0.15) is 0 Å². The second-order valence-electron chi connectivity index (χ2n) is 2.67. The van der Waals surface area contributed by atoms with E-state index in [0.29, 0.717) is 0 Å². The predicted octanol–water partition coefficient (Wildman–Crippen LogP) is 0.827. The van der Waals surface area contributed by atoms with E-state index in [1.54, 1.807) is 0 Å². The predicted molar refractivity (Wildman–Crippen MR) is 34.0 cm³/mol. The molecule has 0 aromatic heterocycles. The van der Waals surface area contributed by atoms with Crippen LogP contribution >= 0.6 is 0 Å². The Balaban J connectivity index is 2.22. The standard InChI is InChI=1S/C6H9N3/c7-6(2-3-6)5-1-4-8-9-5/h1H,2-4,7H2. The van der Waals surface area contributed by atoms with Gasteiger partial charge in [-0.3, -0.25) is 0 Å². The molecule has 48 valence electrons. The van der Waals surface area contributed by atoms with E-state index < -0.39 is 0 Å². The van der Waals surface area contributed by atoms with E-state index in [-0.39, 0.29) is 5.54 Å². The molecule has 1 aliphatic heterocycles. The third kappa shape index (κ3) is 0.685. The average molecular weight is 123 g/mol. The van der Waals surface area contributed by atoms with Crippen LogP contribution in [0.15, 0.2) is 22.0 Å². The Morgan fingerprint density at radius 2 is 2.33 bits per heavy atom. The van der Waals surface area contributed by atoms with Gasteiger partial charge >= 0.3 is 0 Å². The van der Waals surface area contributed by atoms with Gasteiger partial charge < -0.3 is 5.73 Å². The molecule has 1 aliphatic carbocycles. The van der Waals surface area contributed by atoms with Crippen LogP contribution in [0.4, 0.5) is 0 Å². The first-order chi connectivity index (χ1) is 4.31. The zero-order chi connectivity index (χ0) is 6.32. The number of hydrogen-bond acceptors (Lipinski definition) is 3. The van der Waals surface area contributed by atoms with Crippen LogP contribution in [-0.4, -0.2) is 12.1 Å². The van der Waals surface area contributed by atoms with E-state index >= 15 is 0 Å². The molecule has 3 nitrogen and oxygen atoms in total. The molecule has 1 fully saturated rings. The summed E-state index contributed by atoms with van der Waals surface area (Å²) < 4.78 is 0. The fourth-order valence-corrected chi connectivity index (χ4v) is 0.979. The number of nitrogens with zero attached hydrogens (tertiary/aromatic N) is 2. The summed E-state index contributed by atoms with van der Waals surface area (Å²) >= 11 is 0. The molecule has 0 atom stereocenters. The fourth-order valence-electron chi connectivity index (χ4n) is 0.979. The zero-order valence-electron chi connectivity index (χ0n) is 5.17. The van der Waals surface area contributed by atoms with Crippen molar-refractivity contribution in [2.45, 2.75) is 18.4 Å². The molecule has 1 heterocycles. The minimum Gasteiger partial charge on any atom is -0.320 e. The van der Waals surface area contributed by atoms with Gasteiger partial charge in [-0.25, -0.2) is 0 Å². The lowest BCUT2D eigenvalue weighted by atomic mass is 10.2. The highest BCUT2D eigenvalue weighted by molar-refractivity contribution is 5.27. The van der Waals surface area contributed by atoms with E-state index in [0.717, 1.165) is 25.1 Å². The molecule has 9 heavy (non-hydrogen) atoms. The average Bonchev–Trinajstić information content (AvgIpc) is 2.46. The van der Waals surface area contributed by atoms with Crippen LogP contribution in [-0.2, 0) is 0 Å². The van der Waals surface area contributed by atoms with Crippen molar-refractivity contribution in [2.75, 3.05) is 6.54 Å². The Morgan fingerprint density at radius 1 is 1.56 bits per heavy atom. The minimum atomic E-state index is -0.0694. The summed E-state index contributed by atoms with van der Waals surface area (Å²) in [4.78, 5) is 0. The summed E-state index contributed by atoms with van der Waals surface area (Å²) in [7, 11) is 0. The van der Waals surface area contributed by atoms with Gasteiger partial charge in [0.05, 0.1) is 17.8 Å². The third-order valence-corrected chi connectivity index (χ3v) is 1.84. The van der Waals surface area contributed by atoms with Crippen LogP contribution in [0.5, 0.6) is 0 Å². The molecule has 0 aromatic carbocycles. The van der Waals surface area contributed by atoms with E-state index in [1.807, 2.05) is 6.08 Å². The maximum Gasteiger partial charge on any atom is 0.0806 e. The van der Waals surface area contributed by atoms with Crippen LogP contribution < -0.4 is 5.73 Å². The lowest BCUT2D eigenvalue weighted by molar-refractivity contribution is 0.775. The topological polar surface area (TPSA) is 50.7 Å². The first-order valence-corrected chi connectivity index (χ1v) is 3.18. The highest BCUT2D eigenvalue weighted by atomic mass is 15.2. The summed E-state index contributed by atoms with van der Waals surface area (Å²) in [5.41, 5.74) is 6.76. The maximum absolute atomic E-state index is 5.83. The van der Waals surface area contributed by atoms with Crippen LogP contribution in [0.2, 0.25) is 0 Å². The van der Waals surface area contributed by atoms with Crippen molar-refractivity contribution < 1.29 is 0 Å². The van der Waals surface area contributed by atoms with E-state index in [2.05, 4.69) is 10.2 Å². The molecule has 3 heteroatoms. The molecule has 1 saturated carbocycles. The number of nitrogens with two attached hydrogens (primary N) is 1. The van der Waals surface area contributed by atoms with Crippen molar-refractivity contribution >= 4 is 0 Å². The summed E-state index contributed by atoms with van der Waals surface area (Å²) in [6.45, 7) is 0.730. The maximum atomic E-state index is 5.83. The van der Waals surface area contributed by atoms with Crippen molar-refractivity contribution in [1.29, 1.82) is 0 Å². The summed E-state index contributed by atoms with van der Waals surface area (Å²) in [6, 6.07) is 0. The van der Waals surface area contributed by atoms with Crippen molar-refractivity contribution in [2.24, 2.45) is 16.0 Å². The highest BCUT2D eigenvalue weighted by Crippen LogP contribution is 2.40. The number of hydrogen-bond donors (Lipinski definition) is 1. The summed E-state index contributed by atoms with van der Waals surface area (Å²) in [6.07, 6.45) is 4.17. The van der Waals surface area contributed by atoms with Crippen molar-refractivity contribution in [3.63, 3.8) is 0 Å². The van der Waals surface area contributed by atoms with Gasteiger partial charge in [0.2, 0.25) is 0 Å². The molecule has 0 radical (unpaired) electrons. The second-order valence-corrected chi connectivity index (χ2v) is 2.67. The summed E-state index contributed by atoms with van der Waals surface area (Å²) in [5.74, 6) is 0. The monoisotopic (exact) mass is 123 g/mol. The first-order valence-electron chi connectivity index (χ1n) is 3.18. The summed E-state index contributed by atoms with van der Waals surface area (Å²) in [5, 5.41) is 7.75. The molecular weight excluding hydrogens is 114 g/mol. The molecule has 0 unspecified atom stereocenters. The number of rotatable bonds is 1. The van der Waals surface area contributed by atoms with Crippen LogP contribution in [0, 0.1) is 0 Å². The van der Waals surface area contributed by atoms with E-state index in [4.69, 9.17) is 5.73 Å². The molecule has 2 N–H and O–H groups in total. The zero-order valence-corrected chi connectivity index (χ0v) is 5.17. The lowest BCUT2D eigenvalue weighted by Crippen LogP contribution is -2.22. The molecule has 0 amide bonds. The first kappa shape index (κ1) is 5.11. The molecule has 0 saturated heterocycles. The molecule has 0 spiro atoms. The Labute approximate surface area is 53.6 Å². The van der Waals surface area contributed by atoms with Crippen LogP contribution in [0.25, 0.3) is 0 Å². The van der Waals surface area contributed by atoms with Crippen molar-refractivity contribution in [1.82, 2.24) is 0 Å². The van der Waals surface area contributed by atoms with Gasteiger partial charge in [-0.1, -0.05) is 0 Å². The van der Waals surface area contributed by atoms with Gasteiger partial charge in [0.15, 0.2) is 0 Å². The number of azo groups is 1. The van der Waals surface area contributed by atoms with E-state index in [9.17, 15) is 0 Å². The Hall–Kier alpha value is -0.700. The largest absolute Gasteiger partial charge is 0.320 e. The lowest BCUT2D eigenvalue weighted by Gasteiger charge is -2.02. The Bertz CT molecular complexity index is 188. The Morgan fingerprint density at radius 3 is 2.78 bits per heavy atom. The highest BCUT2D eigenvalue weighted by Gasteiger charge is 2.43. The molecule has 0 bridgehead atoms. The van der Waals surface area contributed by atoms with Gasteiger partial charge in [0.25, 0.3) is 0 Å². The van der Waals surface area contributed by atoms with E-state index in [1.165, 1.54) is 0 Å². The molecule has 0 aromatic rings. The quantitative estimate of drug-likeness (QED) is 0.551. The second kappa shape index (κ2) is 1.42. The minimum absolute atomic E-state index is 0.0694. The molecule has 2 aliphatic rings. The molecular formula is C6H9N3. The van der Waals surface area contributed by atoms with Gasteiger partial charge in [0, 0.05) is 0 Å². The van der Waals surface area contributed by atoms with Crippen molar-refractivity contribution in [3.05, 3.63) is 11.8 Å². The molecule has 2 rings (SSSR count). The smallest absolute Gasteiger partial charge is 0.0806 e. The van der Waals surface area contributed by atoms with Gasteiger partial charge in [-0.05, 0) is 18.9 Å². The van der Waals surface area contributed by atoms with Gasteiger partial charge in [-0.15, -0.1) is 0 Å². The Kier molecular flexibility index (Phi) is 0.805. The SMILES string of the molecule is NC1(C2=CCN=N2)CC1. The van der Waals surface area contributed by atoms with Crippen molar-refractivity contribution in [3.8, 4) is 0 Å². The normalized spacial score (nSPS) is 28.3. The van der Waals surface area contributed by atoms with Gasteiger partial charge in [-0.2, -0.15) is 10.2 Å². The third-order valence-electron chi connectivity index (χ3n) is 1.84. The fraction of sp³-hybridized carbons (Fsp3) is 0.667.